The minimum Gasteiger partial charge on any atom is -0.468 e. The number of esters is 1. The minimum absolute atomic E-state index is 0.109. The van der Waals surface area contributed by atoms with Gasteiger partial charge in [0.05, 0.1) is 24.2 Å². The number of aromatic nitrogens is 1. The van der Waals surface area contributed by atoms with E-state index in [1.807, 2.05) is 18.2 Å². The second-order valence-corrected chi connectivity index (χ2v) is 5.42. The molecule has 0 aliphatic rings. The molecule has 2 rings (SSSR count). The maximum absolute atomic E-state index is 11.7. The number of nitrogens with zero attached hydrogens (tertiary/aromatic N) is 1. The first-order valence-corrected chi connectivity index (χ1v) is 7.38. The zero-order valence-corrected chi connectivity index (χ0v) is 12.8. The normalized spacial score (nSPS) is 10.2. The highest BCUT2D eigenvalue weighted by molar-refractivity contribution is 7.13. The van der Waals surface area contributed by atoms with Crippen LogP contribution in [0.5, 0.6) is 0 Å². The number of hydrogen-bond acceptors (Lipinski definition) is 5. The number of halogens is 1. The number of nitrogens with one attached hydrogen (secondary N) is 1. The van der Waals surface area contributed by atoms with E-state index in [0.29, 0.717) is 10.7 Å². The smallest absolute Gasteiger partial charge is 0.325 e. The topological polar surface area (TPSA) is 68.3 Å². The van der Waals surface area contributed by atoms with Crippen molar-refractivity contribution in [2.45, 2.75) is 6.42 Å². The van der Waals surface area contributed by atoms with Crippen molar-refractivity contribution in [1.29, 1.82) is 0 Å². The molecule has 0 radical (unpaired) electrons. The quantitative estimate of drug-likeness (QED) is 0.857. The van der Waals surface area contributed by atoms with Gasteiger partial charge in [0, 0.05) is 10.9 Å². The van der Waals surface area contributed by atoms with Gasteiger partial charge < -0.3 is 10.1 Å². The largest absolute Gasteiger partial charge is 0.468 e. The SMILES string of the molecule is COC(=O)CNC(=O)Cc1csc(-c2ccccc2Cl)n1. The fourth-order valence-corrected chi connectivity index (χ4v) is 2.76. The second-order valence-electron chi connectivity index (χ2n) is 4.15. The first-order valence-electron chi connectivity index (χ1n) is 6.13. The fourth-order valence-electron chi connectivity index (χ4n) is 1.62. The highest BCUT2D eigenvalue weighted by Crippen LogP contribution is 2.30. The maximum Gasteiger partial charge on any atom is 0.325 e. The molecule has 0 aliphatic carbocycles. The van der Waals surface area contributed by atoms with E-state index in [0.717, 1.165) is 10.6 Å². The van der Waals surface area contributed by atoms with Crippen LogP contribution in [0.3, 0.4) is 0 Å². The summed E-state index contributed by atoms with van der Waals surface area (Å²) in [4.78, 5) is 27.0. The third kappa shape index (κ3) is 4.27. The van der Waals surface area contributed by atoms with E-state index in [1.54, 1.807) is 11.4 Å². The van der Waals surface area contributed by atoms with Crippen molar-refractivity contribution in [2.75, 3.05) is 13.7 Å². The average molecular weight is 325 g/mol. The monoisotopic (exact) mass is 324 g/mol. The Morgan fingerprint density at radius 3 is 2.86 bits per heavy atom. The predicted octanol–water partition coefficient (Wildman–Crippen LogP) is 2.30. The number of hydrogen-bond donors (Lipinski definition) is 1. The van der Waals surface area contributed by atoms with Gasteiger partial charge in [0.25, 0.3) is 0 Å². The van der Waals surface area contributed by atoms with Gasteiger partial charge >= 0.3 is 5.97 Å². The summed E-state index contributed by atoms with van der Waals surface area (Å²) in [5.74, 6) is -0.769. The molecule has 1 aromatic carbocycles. The molecule has 2 aromatic rings. The summed E-state index contributed by atoms with van der Waals surface area (Å²) >= 11 is 7.53. The maximum atomic E-state index is 11.7. The number of amides is 1. The second kappa shape index (κ2) is 7.19. The van der Waals surface area contributed by atoms with Gasteiger partial charge in [0.1, 0.15) is 11.6 Å². The van der Waals surface area contributed by atoms with Crippen LogP contribution in [0.15, 0.2) is 29.6 Å². The van der Waals surface area contributed by atoms with Crippen LogP contribution in [0.2, 0.25) is 5.02 Å². The van der Waals surface area contributed by atoms with Crippen molar-refractivity contribution >= 4 is 34.8 Å². The molecule has 0 spiro atoms. The van der Waals surface area contributed by atoms with Crippen LogP contribution in [-0.4, -0.2) is 30.5 Å². The van der Waals surface area contributed by atoms with Crippen LogP contribution in [-0.2, 0) is 20.7 Å². The van der Waals surface area contributed by atoms with E-state index in [9.17, 15) is 9.59 Å². The molecule has 1 amide bonds. The van der Waals surface area contributed by atoms with E-state index in [1.165, 1.54) is 18.4 Å². The number of thiazole rings is 1. The highest BCUT2D eigenvalue weighted by Gasteiger charge is 2.11. The Kier molecular flexibility index (Phi) is 5.30. The van der Waals surface area contributed by atoms with Crippen LogP contribution in [0.4, 0.5) is 0 Å². The lowest BCUT2D eigenvalue weighted by molar-refractivity contribution is -0.141. The Labute approximate surface area is 130 Å². The van der Waals surface area contributed by atoms with Crippen LogP contribution in [0.1, 0.15) is 5.69 Å². The number of ether oxygens (including phenoxy) is 1. The Morgan fingerprint density at radius 2 is 2.14 bits per heavy atom. The standard InChI is InChI=1S/C14H13ClN2O3S/c1-20-13(19)7-16-12(18)6-9-8-21-14(17-9)10-4-2-3-5-11(10)15/h2-5,8H,6-7H2,1H3,(H,16,18). The number of carbonyl (C=O) groups is 2. The molecule has 0 aliphatic heterocycles. The number of benzene rings is 1. The average Bonchev–Trinajstić information content (AvgIpc) is 2.93. The summed E-state index contributed by atoms with van der Waals surface area (Å²) in [5, 5.41) is 5.65. The summed E-state index contributed by atoms with van der Waals surface area (Å²) in [7, 11) is 1.27. The molecule has 7 heteroatoms. The third-order valence-electron chi connectivity index (χ3n) is 2.66. The lowest BCUT2D eigenvalue weighted by Gasteiger charge is -2.02. The molecule has 21 heavy (non-hydrogen) atoms. The summed E-state index contributed by atoms with van der Waals surface area (Å²) in [6.07, 6.45) is 0.109. The van der Waals surface area contributed by atoms with Crippen molar-refractivity contribution in [3.8, 4) is 10.6 Å². The van der Waals surface area contributed by atoms with E-state index < -0.39 is 5.97 Å². The summed E-state index contributed by atoms with van der Waals surface area (Å²) in [6, 6.07) is 7.40. The molecule has 5 nitrogen and oxygen atoms in total. The van der Waals surface area contributed by atoms with Gasteiger partial charge in [-0.2, -0.15) is 0 Å². The molecule has 0 bridgehead atoms. The molecular weight excluding hydrogens is 312 g/mol. The molecule has 0 atom stereocenters. The molecule has 0 saturated carbocycles. The molecule has 1 N–H and O–H groups in total. The van der Waals surface area contributed by atoms with Gasteiger partial charge in [0.15, 0.2) is 0 Å². The molecule has 1 aromatic heterocycles. The van der Waals surface area contributed by atoms with E-state index >= 15 is 0 Å². The van der Waals surface area contributed by atoms with Gasteiger partial charge in [-0.25, -0.2) is 4.98 Å². The highest BCUT2D eigenvalue weighted by atomic mass is 35.5. The van der Waals surface area contributed by atoms with E-state index in [2.05, 4.69) is 15.0 Å². The van der Waals surface area contributed by atoms with Crippen LogP contribution in [0, 0.1) is 0 Å². The lowest BCUT2D eigenvalue weighted by atomic mass is 10.2. The summed E-state index contributed by atoms with van der Waals surface area (Å²) < 4.78 is 4.44. The first-order chi connectivity index (χ1) is 10.1. The summed E-state index contributed by atoms with van der Waals surface area (Å²) in [6.45, 7) is -0.142. The van der Waals surface area contributed by atoms with E-state index in [4.69, 9.17) is 11.6 Å². The number of methoxy groups -OCH3 is 1. The van der Waals surface area contributed by atoms with Gasteiger partial charge in [-0.3, -0.25) is 9.59 Å². The van der Waals surface area contributed by atoms with Crippen molar-refractivity contribution in [3.63, 3.8) is 0 Å². The van der Waals surface area contributed by atoms with Gasteiger partial charge in [-0.15, -0.1) is 11.3 Å². The Bertz CT molecular complexity index is 657. The van der Waals surface area contributed by atoms with Crippen LogP contribution in [0.25, 0.3) is 10.6 Å². The molecule has 110 valence electrons. The Balaban J connectivity index is 1.99. The zero-order chi connectivity index (χ0) is 15.2. The fraction of sp³-hybridized carbons (Fsp3) is 0.214. The molecular formula is C14H13ClN2O3S. The van der Waals surface area contributed by atoms with Gasteiger partial charge in [-0.05, 0) is 6.07 Å². The summed E-state index contributed by atoms with van der Waals surface area (Å²) in [5.41, 5.74) is 1.47. The van der Waals surface area contributed by atoms with Crippen molar-refractivity contribution in [3.05, 3.63) is 40.4 Å². The number of rotatable bonds is 5. The number of carbonyl (C=O) groups excluding carboxylic acids is 2. The van der Waals surface area contributed by atoms with E-state index in [-0.39, 0.29) is 18.9 Å². The third-order valence-corrected chi connectivity index (χ3v) is 3.91. The predicted molar refractivity (Wildman–Crippen MR) is 81.3 cm³/mol. The van der Waals surface area contributed by atoms with Gasteiger partial charge in [-0.1, -0.05) is 29.8 Å². The Morgan fingerprint density at radius 1 is 1.38 bits per heavy atom. The van der Waals surface area contributed by atoms with Crippen molar-refractivity contribution < 1.29 is 14.3 Å². The van der Waals surface area contributed by atoms with Gasteiger partial charge in [0.2, 0.25) is 5.91 Å². The van der Waals surface area contributed by atoms with Crippen LogP contribution < -0.4 is 5.32 Å². The molecule has 0 saturated heterocycles. The molecule has 0 fully saturated rings. The first kappa shape index (κ1) is 15.5. The van der Waals surface area contributed by atoms with Crippen molar-refractivity contribution in [1.82, 2.24) is 10.3 Å². The molecule has 1 heterocycles. The lowest BCUT2D eigenvalue weighted by Crippen LogP contribution is -2.31. The molecule has 0 unspecified atom stereocenters. The van der Waals surface area contributed by atoms with Crippen molar-refractivity contribution in [2.24, 2.45) is 0 Å². The van der Waals surface area contributed by atoms with Crippen LogP contribution >= 0.6 is 22.9 Å². The minimum atomic E-state index is -0.488. The zero-order valence-electron chi connectivity index (χ0n) is 11.3. The Hall–Kier alpha value is -1.92.